The van der Waals surface area contributed by atoms with Gasteiger partial charge in [0.25, 0.3) is 0 Å². The van der Waals surface area contributed by atoms with Crippen LogP contribution in [0.4, 0.5) is 0 Å². The van der Waals surface area contributed by atoms with Crippen molar-refractivity contribution in [1.29, 1.82) is 0 Å². The molecule has 0 atom stereocenters. The molecule has 28 heavy (non-hydrogen) atoms. The van der Waals surface area contributed by atoms with E-state index in [0.717, 1.165) is 17.5 Å². The maximum absolute atomic E-state index is 12.7. The maximum atomic E-state index is 12.7. The molecule has 0 spiro atoms. The topological polar surface area (TPSA) is 75.7 Å². The van der Waals surface area contributed by atoms with Crippen molar-refractivity contribution in [3.63, 3.8) is 0 Å². The average molecular weight is 409 g/mol. The van der Waals surface area contributed by atoms with Gasteiger partial charge in [-0.15, -0.1) is 0 Å². The van der Waals surface area contributed by atoms with Crippen molar-refractivity contribution in [3.8, 4) is 0 Å². The van der Waals surface area contributed by atoms with Crippen molar-refractivity contribution in [2.24, 2.45) is 5.92 Å². The fourth-order valence-corrected chi connectivity index (χ4v) is 5.64. The Kier molecular flexibility index (Phi) is 7.88. The van der Waals surface area contributed by atoms with Crippen LogP contribution in [0.2, 0.25) is 0 Å². The molecule has 1 aromatic carbocycles. The third-order valence-electron chi connectivity index (χ3n) is 5.80. The van der Waals surface area contributed by atoms with Gasteiger partial charge in [0.1, 0.15) is 0 Å². The van der Waals surface area contributed by atoms with Crippen molar-refractivity contribution < 1.29 is 17.9 Å². The van der Waals surface area contributed by atoms with Crippen LogP contribution >= 0.6 is 0 Å². The number of carbonyl (C=O) groups is 1. The van der Waals surface area contributed by atoms with Gasteiger partial charge in [-0.2, -0.15) is 4.31 Å². The number of rotatable bonds is 8. The van der Waals surface area contributed by atoms with E-state index in [4.69, 9.17) is 4.74 Å². The number of ether oxygens (including phenoxy) is 1. The molecule has 6 nitrogen and oxygen atoms in total. The first kappa shape index (κ1) is 21.3. The number of sulfonamides is 1. The van der Waals surface area contributed by atoms with Crippen LogP contribution in [-0.4, -0.2) is 44.9 Å². The molecule has 156 valence electrons. The lowest BCUT2D eigenvalue weighted by Crippen LogP contribution is -2.41. The lowest BCUT2D eigenvalue weighted by molar-refractivity contribution is -0.121. The van der Waals surface area contributed by atoms with Crippen molar-refractivity contribution >= 4 is 15.9 Å². The van der Waals surface area contributed by atoms with Crippen LogP contribution in [0.15, 0.2) is 24.3 Å². The van der Waals surface area contributed by atoms with Crippen LogP contribution in [0.5, 0.6) is 0 Å². The lowest BCUT2D eigenvalue weighted by atomic mass is 9.86. The van der Waals surface area contributed by atoms with Crippen LogP contribution in [0.3, 0.4) is 0 Å². The van der Waals surface area contributed by atoms with Crippen molar-refractivity contribution in [3.05, 3.63) is 35.4 Å². The molecule has 7 heteroatoms. The molecule has 0 bridgehead atoms. The number of carbonyl (C=O) groups excluding carboxylic acids is 1. The highest BCUT2D eigenvalue weighted by molar-refractivity contribution is 7.88. The molecule has 1 heterocycles. The minimum atomic E-state index is -3.38. The highest BCUT2D eigenvalue weighted by atomic mass is 32.2. The zero-order valence-corrected chi connectivity index (χ0v) is 17.4. The number of nitrogens with one attached hydrogen (secondary N) is 1. The van der Waals surface area contributed by atoms with E-state index in [-0.39, 0.29) is 11.7 Å². The van der Waals surface area contributed by atoms with Crippen LogP contribution in [0.25, 0.3) is 0 Å². The molecule has 1 saturated carbocycles. The second-order valence-corrected chi connectivity index (χ2v) is 9.82. The van der Waals surface area contributed by atoms with E-state index in [9.17, 15) is 13.2 Å². The first-order valence-electron chi connectivity index (χ1n) is 10.4. The Labute approximate surface area is 168 Å². The summed E-state index contributed by atoms with van der Waals surface area (Å²) in [5.41, 5.74) is 1.62. The van der Waals surface area contributed by atoms with Crippen LogP contribution < -0.4 is 5.32 Å². The standard InChI is InChI=1S/C21H32N2O4S/c24-21(11-10-18-6-2-1-3-7-18)22-16-19-8-4-5-9-20(19)17-28(25,26)23-12-14-27-15-13-23/h4-5,8-9,18H,1-3,6-7,10-17H2,(H,22,24). The van der Waals surface area contributed by atoms with Crippen LogP contribution in [-0.2, 0) is 31.9 Å². The van der Waals surface area contributed by atoms with Gasteiger partial charge in [-0.25, -0.2) is 8.42 Å². The maximum Gasteiger partial charge on any atom is 0.220 e. The van der Waals surface area contributed by atoms with Gasteiger partial charge in [0.05, 0.1) is 19.0 Å². The summed E-state index contributed by atoms with van der Waals surface area (Å²) in [5.74, 6) is 0.697. The van der Waals surface area contributed by atoms with Crippen molar-refractivity contribution in [2.45, 2.75) is 57.2 Å². The van der Waals surface area contributed by atoms with E-state index in [1.165, 1.54) is 36.4 Å². The summed E-state index contributed by atoms with van der Waals surface area (Å²) < 4.78 is 32.2. The summed E-state index contributed by atoms with van der Waals surface area (Å²) >= 11 is 0. The van der Waals surface area contributed by atoms with E-state index in [1.807, 2.05) is 24.3 Å². The Hall–Kier alpha value is -1.44. The van der Waals surface area contributed by atoms with E-state index >= 15 is 0 Å². The van der Waals surface area contributed by atoms with E-state index in [2.05, 4.69) is 5.32 Å². The molecule has 0 aromatic heterocycles. The van der Waals surface area contributed by atoms with Gasteiger partial charge in [0.15, 0.2) is 0 Å². The van der Waals surface area contributed by atoms with Crippen LogP contribution in [0, 0.1) is 5.92 Å². The Balaban J connectivity index is 1.52. The highest BCUT2D eigenvalue weighted by Crippen LogP contribution is 2.27. The summed E-state index contributed by atoms with van der Waals surface area (Å²) in [6, 6.07) is 7.46. The van der Waals surface area contributed by atoms with Gasteiger partial charge in [0.2, 0.25) is 15.9 Å². The van der Waals surface area contributed by atoms with Gasteiger partial charge >= 0.3 is 0 Å². The molecule has 1 N–H and O–H groups in total. The molecular formula is C21H32N2O4S. The quantitative estimate of drug-likeness (QED) is 0.718. The van der Waals surface area contributed by atoms with Gasteiger partial charge in [-0.3, -0.25) is 4.79 Å². The van der Waals surface area contributed by atoms with E-state index in [1.54, 1.807) is 0 Å². The summed E-state index contributed by atoms with van der Waals surface area (Å²) in [5, 5.41) is 2.98. The normalized spacial score (nSPS) is 19.4. The second-order valence-electron chi connectivity index (χ2n) is 7.86. The largest absolute Gasteiger partial charge is 0.379 e. The van der Waals surface area contributed by atoms with Crippen LogP contribution in [0.1, 0.15) is 56.1 Å². The Morgan fingerprint density at radius 2 is 1.75 bits per heavy atom. The third kappa shape index (κ3) is 6.29. The zero-order chi connectivity index (χ0) is 19.8. The first-order valence-corrected chi connectivity index (χ1v) is 12.0. The Morgan fingerprint density at radius 1 is 1.07 bits per heavy atom. The fourth-order valence-electron chi connectivity index (χ4n) is 4.08. The molecule has 1 aliphatic carbocycles. The Morgan fingerprint density at radius 3 is 2.46 bits per heavy atom. The SMILES string of the molecule is O=C(CCC1CCCCC1)NCc1ccccc1CS(=O)(=O)N1CCOCC1. The predicted molar refractivity (Wildman–Crippen MR) is 109 cm³/mol. The molecule has 1 aliphatic heterocycles. The minimum Gasteiger partial charge on any atom is -0.379 e. The molecular weight excluding hydrogens is 376 g/mol. The first-order chi connectivity index (χ1) is 13.5. The monoisotopic (exact) mass is 408 g/mol. The molecule has 2 aliphatic rings. The summed E-state index contributed by atoms with van der Waals surface area (Å²) in [6.07, 6.45) is 7.91. The van der Waals surface area contributed by atoms with Gasteiger partial charge in [-0.05, 0) is 23.5 Å². The van der Waals surface area contributed by atoms with Gasteiger partial charge in [-0.1, -0.05) is 56.4 Å². The zero-order valence-electron chi connectivity index (χ0n) is 16.6. The highest BCUT2D eigenvalue weighted by Gasteiger charge is 2.25. The van der Waals surface area contributed by atoms with Gasteiger partial charge in [0, 0.05) is 26.1 Å². The number of morpholine rings is 1. The molecule has 1 amide bonds. The smallest absolute Gasteiger partial charge is 0.220 e. The average Bonchev–Trinajstić information content (AvgIpc) is 2.73. The molecule has 1 aromatic rings. The molecule has 0 radical (unpaired) electrons. The predicted octanol–water partition coefficient (Wildman–Crippen LogP) is 2.83. The molecule has 2 fully saturated rings. The number of hydrogen-bond acceptors (Lipinski definition) is 4. The number of amides is 1. The third-order valence-corrected chi connectivity index (χ3v) is 7.63. The van der Waals surface area contributed by atoms with E-state index < -0.39 is 10.0 Å². The summed E-state index contributed by atoms with van der Waals surface area (Å²) in [6.45, 7) is 2.07. The number of benzene rings is 1. The van der Waals surface area contributed by atoms with Gasteiger partial charge < -0.3 is 10.1 Å². The van der Waals surface area contributed by atoms with Crippen molar-refractivity contribution in [2.75, 3.05) is 26.3 Å². The summed E-state index contributed by atoms with van der Waals surface area (Å²) in [4.78, 5) is 12.3. The summed E-state index contributed by atoms with van der Waals surface area (Å²) in [7, 11) is -3.38. The molecule has 1 saturated heterocycles. The second kappa shape index (κ2) is 10.4. The fraction of sp³-hybridized carbons (Fsp3) is 0.667. The lowest BCUT2D eigenvalue weighted by Gasteiger charge is -2.26. The van der Waals surface area contributed by atoms with E-state index in [0.29, 0.717) is 45.2 Å². The molecule has 3 rings (SSSR count). The Bertz CT molecular complexity index is 739. The van der Waals surface area contributed by atoms with Crippen molar-refractivity contribution in [1.82, 2.24) is 9.62 Å². The number of nitrogens with zero attached hydrogens (tertiary/aromatic N) is 1. The number of hydrogen-bond donors (Lipinski definition) is 1. The minimum absolute atomic E-state index is 0.0406. The molecule has 0 unspecified atom stereocenters.